The highest BCUT2D eigenvalue weighted by atomic mass is 16.4. The molecule has 4 rings (SSSR count). The molecule has 32 heavy (non-hydrogen) atoms. The van der Waals surface area contributed by atoms with E-state index in [9.17, 15) is 9.90 Å². The lowest BCUT2D eigenvalue weighted by molar-refractivity contribution is 0.122. The first-order valence-electron chi connectivity index (χ1n) is 11.4. The zero-order chi connectivity index (χ0) is 22.3. The SMILES string of the molecule is CN(C(=O)O)C1CCC(NCC(Cc2ccccc2)c2ncc(-c3ccccc3)[nH]2)CC1. The number of aromatic nitrogens is 2. The highest BCUT2D eigenvalue weighted by Gasteiger charge is 2.27. The molecule has 6 nitrogen and oxygen atoms in total. The van der Waals surface area contributed by atoms with E-state index < -0.39 is 6.09 Å². The van der Waals surface area contributed by atoms with Gasteiger partial charge < -0.3 is 20.3 Å². The van der Waals surface area contributed by atoms with Crippen LogP contribution in [0.2, 0.25) is 0 Å². The molecule has 3 N–H and O–H groups in total. The lowest BCUT2D eigenvalue weighted by Gasteiger charge is -2.34. The Kier molecular flexibility index (Phi) is 7.22. The number of nitrogens with zero attached hydrogens (tertiary/aromatic N) is 2. The van der Waals surface area contributed by atoms with Crippen LogP contribution in [-0.2, 0) is 6.42 Å². The molecule has 1 unspecified atom stereocenters. The van der Waals surface area contributed by atoms with Gasteiger partial charge in [0.15, 0.2) is 0 Å². The van der Waals surface area contributed by atoms with Crippen LogP contribution in [-0.4, -0.2) is 51.7 Å². The minimum atomic E-state index is -0.837. The van der Waals surface area contributed by atoms with Gasteiger partial charge in [-0.15, -0.1) is 0 Å². The Labute approximate surface area is 189 Å². The lowest BCUT2D eigenvalue weighted by Crippen LogP contribution is -2.43. The zero-order valence-electron chi connectivity index (χ0n) is 18.6. The van der Waals surface area contributed by atoms with Crippen LogP contribution in [0, 0.1) is 0 Å². The van der Waals surface area contributed by atoms with E-state index in [4.69, 9.17) is 4.98 Å². The van der Waals surface area contributed by atoms with Crippen LogP contribution in [0.3, 0.4) is 0 Å². The van der Waals surface area contributed by atoms with E-state index >= 15 is 0 Å². The number of H-pyrrole nitrogens is 1. The largest absolute Gasteiger partial charge is 0.465 e. The summed E-state index contributed by atoms with van der Waals surface area (Å²) in [7, 11) is 1.68. The predicted molar refractivity (Wildman–Crippen MR) is 127 cm³/mol. The van der Waals surface area contributed by atoms with Crippen molar-refractivity contribution in [3.63, 3.8) is 0 Å². The minimum Gasteiger partial charge on any atom is -0.465 e. The maximum atomic E-state index is 11.2. The average Bonchev–Trinajstić information content (AvgIpc) is 3.33. The van der Waals surface area contributed by atoms with E-state index in [1.807, 2.05) is 30.5 Å². The van der Waals surface area contributed by atoms with Crippen LogP contribution in [0.15, 0.2) is 66.9 Å². The Morgan fingerprint density at radius 3 is 2.41 bits per heavy atom. The van der Waals surface area contributed by atoms with Crippen molar-refractivity contribution in [1.82, 2.24) is 20.2 Å². The Morgan fingerprint density at radius 2 is 1.75 bits per heavy atom. The van der Waals surface area contributed by atoms with Crippen molar-refractivity contribution in [3.05, 3.63) is 78.2 Å². The third-order valence-corrected chi connectivity index (χ3v) is 6.59. The fourth-order valence-corrected chi connectivity index (χ4v) is 4.60. The van der Waals surface area contributed by atoms with Gasteiger partial charge >= 0.3 is 6.09 Å². The first-order valence-corrected chi connectivity index (χ1v) is 11.4. The smallest absolute Gasteiger partial charge is 0.407 e. The lowest BCUT2D eigenvalue weighted by atomic mass is 9.89. The number of hydrogen-bond donors (Lipinski definition) is 3. The van der Waals surface area contributed by atoms with Gasteiger partial charge in [-0.05, 0) is 43.2 Å². The van der Waals surface area contributed by atoms with Crippen molar-refractivity contribution >= 4 is 6.09 Å². The number of nitrogens with one attached hydrogen (secondary N) is 2. The quantitative estimate of drug-likeness (QED) is 0.472. The molecule has 0 spiro atoms. The molecule has 6 heteroatoms. The zero-order valence-corrected chi connectivity index (χ0v) is 18.6. The van der Waals surface area contributed by atoms with Gasteiger partial charge in [-0.1, -0.05) is 60.7 Å². The standard InChI is InChI=1S/C26H32N4O2/c1-30(26(31)32)23-14-12-22(13-15-23)27-17-21(16-19-8-4-2-5-9-19)25-28-18-24(29-25)20-10-6-3-7-11-20/h2-11,18,21-23,27H,12-17H2,1H3,(H,28,29)(H,31,32). The van der Waals surface area contributed by atoms with Crippen molar-refractivity contribution in [2.75, 3.05) is 13.6 Å². The van der Waals surface area contributed by atoms with Gasteiger partial charge in [0, 0.05) is 31.6 Å². The molecule has 1 heterocycles. The molecular weight excluding hydrogens is 400 g/mol. The number of benzene rings is 2. The Balaban J connectivity index is 1.42. The van der Waals surface area contributed by atoms with E-state index in [-0.39, 0.29) is 12.0 Å². The molecule has 1 atom stereocenters. The summed E-state index contributed by atoms with van der Waals surface area (Å²) in [4.78, 5) is 21.0. The third-order valence-electron chi connectivity index (χ3n) is 6.59. The molecule has 0 bridgehead atoms. The molecule has 0 aliphatic heterocycles. The van der Waals surface area contributed by atoms with E-state index in [2.05, 4.69) is 46.7 Å². The van der Waals surface area contributed by atoms with Gasteiger partial charge in [-0.25, -0.2) is 9.78 Å². The molecule has 1 aliphatic rings. The van der Waals surface area contributed by atoms with Crippen LogP contribution >= 0.6 is 0 Å². The van der Waals surface area contributed by atoms with Gasteiger partial charge in [-0.2, -0.15) is 0 Å². The Morgan fingerprint density at radius 1 is 1.09 bits per heavy atom. The van der Waals surface area contributed by atoms with Crippen molar-refractivity contribution in [2.24, 2.45) is 0 Å². The van der Waals surface area contributed by atoms with Gasteiger partial charge in [0.2, 0.25) is 0 Å². The van der Waals surface area contributed by atoms with Crippen LogP contribution < -0.4 is 5.32 Å². The summed E-state index contributed by atoms with van der Waals surface area (Å²) >= 11 is 0. The maximum Gasteiger partial charge on any atom is 0.407 e. The normalized spacial score (nSPS) is 19.4. The summed E-state index contributed by atoms with van der Waals surface area (Å²) in [6.45, 7) is 0.834. The highest BCUT2D eigenvalue weighted by molar-refractivity contribution is 5.65. The van der Waals surface area contributed by atoms with Crippen LogP contribution in [0.25, 0.3) is 11.3 Å². The molecule has 1 amide bonds. The molecule has 0 saturated heterocycles. The summed E-state index contributed by atoms with van der Waals surface area (Å²) in [5.74, 6) is 1.23. The number of carboxylic acid groups (broad SMARTS) is 1. The molecular formula is C26H32N4O2. The molecule has 1 aromatic heterocycles. The summed E-state index contributed by atoms with van der Waals surface area (Å²) in [6, 6.07) is 21.4. The molecule has 3 aromatic rings. The van der Waals surface area contributed by atoms with E-state index in [0.29, 0.717) is 6.04 Å². The summed E-state index contributed by atoms with van der Waals surface area (Å²) in [6.07, 6.45) is 5.80. The fraction of sp³-hybridized carbons (Fsp3) is 0.385. The summed E-state index contributed by atoms with van der Waals surface area (Å²) in [5.41, 5.74) is 3.47. The van der Waals surface area contributed by atoms with Crippen LogP contribution in [0.4, 0.5) is 4.79 Å². The number of hydrogen-bond acceptors (Lipinski definition) is 3. The van der Waals surface area contributed by atoms with Gasteiger partial charge in [0.25, 0.3) is 0 Å². The first-order chi connectivity index (χ1) is 15.6. The van der Waals surface area contributed by atoms with Crippen molar-refractivity contribution in [2.45, 2.75) is 50.1 Å². The topological polar surface area (TPSA) is 81.2 Å². The number of rotatable bonds is 8. The van der Waals surface area contributed by atoms with Gasteiger partial charge in [0.05, 0.1) is 11.9 Å². The molecule has 1 aliphatic carbocycles. The minimum absolute atomic E-state index is 0.129. The second kappa shape index (κ2) is 10.5. The highest BCUT2D eigenvalue weighted by Crippen LogP contribution is 2.25. The molecule has 0 radical (unpaired) electrons. The van der Waals surface area contributed by atoms with Gasteiger partial charge in [-0.3, -0.25) is 0 Å². The number of carbonyl (C=O) groups is 1. The van der Waals surface area contributed by atoms with E-state index in [1.54, 1.807) is 7.05 Å². The summed E-state index contributed by atoms with van der Waals surface area (Å²) < 4.78 is 0. The van der Waals surface area contributed by atoms with Crippen LogP contribution in [0.1, 0.15) is 43.0 Å². The maximum absolute atomic E-state index is 11.2. The van der Waals surface area contributed by atoms with Crippen molar-refractivity contribution < 1.29 is 9.90 Å². The molecule has 168 valence electrons. The number of imidazole rings is 1. The molecule has 2 aromatic carbocycles. The first kappa shape index (κ1) is 22.1. The van der Waals surface area contributed by atoms with Crippen molar-refractivity contribution in [1.29, 1.82) is 0 Å². The second-order valence-corrected chi connectivity index (χ2v) is 8.74. The van der Waals surface area contributed by atoms with E-state index in [0.717, 1.165) is 55.7 Å². The Hall–Kier alpha value is -3.12. The third kappa shape index (κ3) is 5.56. The van der Waals surface area contributed by atoms with E-state index in [1.165, 1.54) is 10.5 Å². The molecule has 1 fully saturated rings. The molecule has 1 saturated carbocycles. The van der Waals surface area contributed by atoms with Crippen molar-refractivity contribution in [3.8, 4) is 11.3 Å². The van der Waals surface area contributed by atoms with Crippen LogP contribution in [0.5, 0.6) is 0 Å². The monoisotopic (exact) mass is 432 g/mol. The second-order valence-electron chi connectivity index (χ2n) is 8.74. The Bertz CT molecular complexity index is 981. The van der Waals surface area contributed by atoms with Gasteiger partial charge in [0.1, 0.15) is 5.82 Å². The number of aromatic amines is 1. The average molecular weight is 433 g/mol. The number of amides is 1. The summed E-state index contributed by atoms with van der Waals surface area (Å²) in [5, 5.41) is 13.0. The predicted octanol–water partition coefficient (Wildman–Crippen LogP) is 4.91. The fourth-order valence-electron chi connectivity index (χ4n) is 4.60.